The number of ether oxygens (including phenoxy) is 1. The zero-order valence-electron chi connectivity index (χ0n) is 11.1. The molecule has 0 unspecified atom stereocenters. The second-order valence-electron chi connectivity index (χ2n) is 4.16. The maximum Gasteiger partial charge on any atom is 0.340 e. The number of benzene rings is 1. The van der Waals surface area contributed by atoms with Crippen molar-refractivity contribution in [2.24, 2.45) is 0 Å². The van der Waals surface area contributed by atoms with Crippen LogP contribution in [0.4, 0.5) is 5.69 Å². The SMILES string of the molecule is COC(=O)c1cc(N)cnc1Sc1nc2ccccc2s1. The van der Waals surface area contributed by atoms with Crippen LogP contribution in [0.3, 0.4) is 0 Å². The van der Waals surface area contributed by atoms with Gasteiger partial charge in [-0.1, -0.05) is 12.1 Å². The summed E-state index contributed by atoms with van der Waals surface area (Å²) < 4.78 is 6.67. The van der Waals surface area contributed by atoms with E-state index in [1.165, 1.54) is 25.1 Å². The van der Waals surface area contributed by atoms with Crippen LogP contribution < -0.4 is 5.73 Å². The third-order valence-electron chi connectivity index (χ3n) is 2.74. The molecule has 2 N–H and O–H groups in total. The van der Waals surface area contributed by atoms with Gasteiger partial charge in [0.05, 0.1) is 34.8 Å². The van der Waals surface area contributed by atoms with Crippen molar-refractivity contribution in [1.29, 1.82) is 0 Å². The number of methoxy groups -OCH3 is 1. The summed E-state index contributed by atoms with van der Waals surface area (Å²) in [7, 11) is 1.33. The molecular weight excluding hydrogens is 306 g/mol. The molecule has 0 radical (unpaired) electrons. The van der Waals surface area contributed by atoms with E-state index in [2.05, 4.69) is 9.97 Å². The van der Waals surface area contributed by atoms with Gasteiger partial charge in [0.25, 0.3) is 0 Å². The summed E-state index contributed by atoms with van der Waals surface area (Å²) in [6.45, 7) is 0. The van der Waals surface area contributed by atoms with Gasteiger partial charge in [0.15, 0.2) is 4.34 Å². The number of carbonyl (C=O) groups is 1. The van der Waals surface area contributed by atoms with E-state index in [1.54, 1.807) is 17.4 Å². The highest BCUT2D eigenvalue weighted by Gasteiger charge is 2.16. The van der Waals surface area contributed by atoms with Gasteiger partial charge in [-0.15, -0.1) is 11.3 Å². The Bertz CT molecular complexity index is 784. The Morgan fingerprint density at radius 1 is 1.38 bits per heavy atom. The van der Waals surface area contributed by atoms with Gasteiger partial charge in [-0.2, -0.15) is 0 Å². The largest absolute Gasteiger partial charge is 0.465 e. The zero-order chi connectivity index (χ0) is 14.8. The van der Waals surface area contributed by atoms with Crippen LogP contribution in [0.25, 0.3) is 10.2 Å². The molecule has 7 heteroatoms. The molecule has 0 bridgehead atoms. The number of hydrogen-bond acceptors (Lipinski definition) is 7. The highest BCUT2D eigenvalue weighted by molar-refractivity contribution is 8.01. The topological polar surface area (TPSA) is 78.1 Å². The number of nitrogen functional groups attached to an aromatic ring is 1. The number of pyridine rings is 1. The summed E-state index contributed by atoms with van der Waals surface area (Å²) >= 11 is 2.89. The van der Waals surface area contributed by atoms with Crippen LogP contribution in [0.2, 0.25) is 0 Å². The first kappa shape index (κ1) is 13.8. The standard InChI is InChI=1S/C14H11N3O2S2/c1-19-13(18)9-6-8(15)7-16-12(9)21-14-17-10-4-2-3-5-11(10)20-14/h2-7H,15H2,1H3. The lowest BCUT2D eigenvalue weighted by Gasteiger charge is -2.05. The fraction of sp³-hybridized carbons (Fsp3) is 0.0714. The monoisotopic (exact) mass is 317 g/mol. The van der Waals surface area contributed by atoms with Crippen molar-refractivity contribution in [3.8, 4) is 0 Å². The van der Waals surface area contributed by atoms with E-state index in [-0.39, 0.29) is 0 Å². The smallest absolute Gasteiger partial charge is 0.340 e. The summed E-state index contributed by atoms with van der Waals surface area (Å²) in [5.41, 5.74) is 7.38. The molecule has 0 saturated heterocycles. The van der Waals surface area contributed by atoms with Gasteiger partial charge in [0.1, 0.15) is 5.03 Å². The molecule has 21 heavy (non-hydrogen) atoms. The lowest BCUT2D eigenvalue weighted by atomic mass is 10.3. The molecule has 0 amide bonds. The molecule has 0 spiro atoms. The number of nitrogens with two attached hydrogens (primary N) is 1. The fourth-order valence-corrected chi connectivity index (χ4v) is 3.82. The predicted molar refractivity (Wildman–Crippen MR) is 83.7 cm³/mol. The molecule has 3 rings (SSSR count). The lowest BCUT2D eigenvalue weighted by molar-refractivity contribution is 0.0596. The molecule has 0 aliphatic heterocycles. The fourth-order valence-electron chi connectivity index (χ4n) is 1.78. The molecule has 5 nitrogen and oxygen atoms in total. The van der Waals surface area contributed by atoms with E-state index in [1.807, 2.05) is 24.3 Å². The number of para-hydroxylation sites is 1. The average Bonchev–Trinajstić information content (AvgIpc) is 2.90. The van der Waals surface area contributed by atoms with Crippen molar-refractivity contribution in [3.63, 3.8) is 0 Å². The van der Waals surface area contributed by atoms with Gasteiger partial charge in [0.2, 0.25) is 0 Å². The highest BCUT2D eigenvalue weighted by atomic mass is 32.2. The van der Waals surface area contributed by atoms with Crippen LogP contribution in [0, 0.1) is 0 Å². The first-order valence-corrected chi connectivity index (χ1v) is 7.68. The predicted octanol–water partition coefficient (Wildman–Crippen LogP) is 3.21. The molecule has 0 saturated carbocycles. The number of nitrogens with zero attached hydrogens (tertiary/aromatic N) is 2. The molecule has 0 aliphatic rings. The Morgan fingerprint density at radius 2 is 2.19 bits per heavy atom. The summed E-state index contributed by atoms with van der Waals surface area (Å²) in [6.07, 6.45) is 1.52. The minimum atomic E-state index is -0.460. The van der Waals surface area contributed by atoms with Crippen LogP contribution in [0.15, 0.2) is 45.9 Å². The van der Waals surface area contributed by atoms with Gasteiger partial charge >= 0.3 is 5.97 Å². The minimum Gasteiger partial charge on any atom is -0.465 e. The van der Waals surface area contributed by atoms with E-state index in [4.69, 9.17) is 10.5 Å². The number of rotatable bonds is 3. The number of anilines is 1. The maximum absolute atomic E-state index is 11.8. The van der Waals surface area contributed by atoms with Crippen LogP contribution >= 0.6 is 23.1 Å². The van der Waals surface area contributed by atoms with Crippen molar-refractivity contribution in [2.45, 2.75) is 9.37 Å². The molecule has 0 atom stereocenters. The van der Waals surface area contributed by atoms with E-state index in [9.17, 15) is 4.79 Å². The van der Waals surface area contributed by atoms with Gasteiger partial charge < -0.3 is 10.5 Å². The molecule has 0 fully saturated rings. The number of esters is 1. The van der Waals surface area contributed by atoms with Gasteiger partial charge in [-0.3, -0.25) is 0 Å². The van der Waals surface area contributed by atoms with Gasteiger partial charge in [-0.25, -0.2) is 14.8 Å². The number of fused-ring (bicyclic) bond motifs is 1. The molecule has 2 heterocycles. The Balaban J connectivity index is 1.99. The maximum atomic E-state index is 11.8. The molecule has 3 aromatic rings. The summed E-state index contributed by atoms with van der Waals surface area (Å²) in [4.78, 5) is 20.5. The van der Waals surface area contributed by atoms with Crippen LogP contribution in [0.5, 0.6) is 0 Å². The third-order valence-corrected chi connectivity index (χ3v) is 4.85. The third kappa shape index (κ3) is 2.84. The van der Waals surface area contributed by atoms with Crippen molar-refractivity contribution in [3.05, 3.63) is 42.1 Å². The van der Waals surface area contributed by atoms with Crippen LogP contribution in [-0.4, -0.2) is 23.0 Å². The molecule has 0 aliphatic carbocycles. The second-order valence-corrected chi connectivity index (χ2v) is 6.43. The van der Waals surface area contributed by atoms with Crippen LogP contribution in [-0.2, 0) is 4.74 Å². The molecule has 1 aromatic carbocycles. The molecular formula is C14H11N3O2S2. The quantitative estimate of drug-likeness (QED) is 0.747. The Hall–Kier alpha value is -2.12. The number of hydrogen-bond donors (Lipinski definition) is 1. The van der Waals surface area contributed by atoms with Crippen LogP contribution in [0.1, 0.15) is 10.4 Å². The number of aromatic nitrogens is 2. The van der Waals surface area contributed by atoms with Crippen molar-refractivity contribution < 1.29 is 9.53 Å². The minimum absolute atomic E-state index is 0.349. The van der Waals surface area contributed by atoms with Crippen molar-refractivity contribution in [1.82, 2.24) is 9.97 Å². The summed E-state index contributed by atoms with van der Waals surface area (Å²) in [5.74, 6) is -0.460. The first-order valence-electron chi connectivity index (χ1n) is 6.04. The van der Waals surface area contributed by atoms with Gasteiger partial charge in [0, 0.05) is 0 Å². The molecule has 106 valence electrons. The lowest BCUT2D eigenvalue weighted by Crippen LogP contribution is -2.05. The van der Waals surface area contributed by atoms with Crippen molar-refractivity contribution in [2.75, 3.05) is 12.8 Å². The van der Waals surface area contributed by atoms with E-state index in [0.29, 0.717) is 16.3 Å². The Kier molecular flexibility index (Phi) is 3.76. The normalized spacial score (nSPS) is 10.7. The highest BCUT2D eigenvalue weighted by Crippen LogP contribution is 2.35. The second kappa shape index (κ2) is 5.71. The van der Waals surface area contributed by atoms with Crippen molar-refractivity contribution >= 4 is 45.0 Å². The average molecular weight is 317 g/mol. The number of thiazole rings is 1. The van der Waals surface area contributed by atoms with E-state index in [0.717, 1.165) is 14.6 Å². The van der Waals surface area contributed by atoms with E-state index < -0.39 is 5.97 Å². The van der Waals surface area contributed by atoms with E-state index >= 15 is 0 Å². The summed E-state index contributed by atoms with van der Waals surface area (Å²) in [6, 6.07) is 9.44. The first-order chi connectivity index (χ1) is 10.2. The zero-order valence-corrected chi connectivity index (χ0v) is 12.7. The molecule has 2 aromatic heterocycles. The number of carbonyl (C=O) groups excluding carboxylic acids is 1. The Morgan fingerprint density at radius 3 is 2.95 bits per heavy atom. The Labute approximate surface area is 129 Å². The summed E-state index contributed by atoms with van der Waals surface area (Å²) in [5, 5.41) is 0.537. The van der Waals surface area contributed by atoms with Gasteiger partial charge in [-0.05, 0) is 30.0 Å².